The van der Waals surface area contributed by atoms with Crippen molar-refractivity contribution in [2.45, 2.75) is 34.6 Å². The summed E-state index contributed by atoms with van der Waals surface area (Å²) in [5.74, 6) is -2.30. The van der Waals surface area contributed by atoms with E-state index in [0.717, 1.165) is 19.6 Å². The van der Waals surface area contributed by atoms with Gasteiger partial charge in [0.15, 0.2) is 0 Å². The predicted molar refractivity (Wildman–Crippen MR) is 83.6 cm³/mol. The van der Waals surface area contributed by atoms with Gasteiger partial charge in [-0.2, -0.15) is 0 Å². The summed E-state index contributed by atoms with van der Waals surface area (Å²) in [4.78, 5) is 27.7. The Labute approximate surface area is 162 Å². The van der Waals surface area contributed by atoms with Gasteiger partial charge in [-0.1, -0.05) is 20.8 Å². The average Bonchev–Trinajstić information content (AvgIpc) is 2.38. The quantitative estimate of drug-likeness (QED) is 0.292. The Balaban J connectivity index is -0.000000115. The van der Waals surface area contributed by atoms with Crippen LogP contribution in [0, 0.1) is 11.8 Å². The summed E-state index contributed by atoms with van der Waals surface area (Å²) in [6, 6.07) is 0. The van der Waals surface area contributed by atoms with Gasteiger partial charge in [0, 0.05) is 50.6 Å². The van der Waals surface area contributed by atoms with Crippen molar-refractivity contribution in [3.63, 3.8) is 0 Å². The van der Waals surface area contributed by atoms with Gasteiger partial charge in [0.25, 0.3) is 0 Å². The van der Waals surface area contributed by atoms with Crippen molar-refractivity contribution in [2.24, 2.45) is 5.41 Å². The molecule has 1 aliphatic rings. The van der Waals surface area contributed by atoms with E-state index in [9.17, 15) is 9.90 Å². The summed E-state index contributed by atoms with van der Waals surface area (Å²) in [6.07, 6.45) is 7.36. The van der Waals surface area contributed by atoms with E-state index < -0.39 is 23.3 Å². The summed E-state index contributed by atoms with van der Waals surface area (Å²) >= 11 is 0. The molecule has 1 aliphatic carbocycles. The van der Waals surface area contributed by atoms with Crippen LogP contribution in [0.4, 0.5) is 0 Å². The maximum absolute atomic E-state index is 9.91. The van der Waals surface area contributed by atoms with Gasteiger partial charge in [0.2, 0.25) is 0 Å². The SMILES string of the molecule is CC(=O)[O-].CC(=O)[O-].CC(C)(C)C(=O)[O-].COC1=CC=C=C[CH]1.[Pb]. The van der Waals surface area contributed by atoms with Gasteiger partial charge < -0.3 is 34.4 Å². The number of rotatable bonds is 1. The zero-order chi connectivity index (χ0) is 19.1. The molecule has 0 aromatic heterocycles. The molecule has 0 heterocycles. The Kier molecular flexibility index (Phi) is 22.4. The molecule has 7 nitrogen and oxygen atoms in total. The Morgan fingerprint density at radius 1 is 1.00 bits per heavy atom. The molecule has 5 radical (unpaired) electrons. The molecule has 0 aromatic carbocycles. The minimum absolute atomic E-state index is 0. The predicted octanol–water partition coefficient (Wildman–Crippen LogP) is -1.64. The van der Waals surface area contributed by atoms with E-state index in [4.69, 9.17) is 24.5 Å². The van der Waals surface area contributed by atoms with Gasteiger partial charge in [-0.05, 0) is 32.1 Å². The summed E-state index contributed by atoms with van der Waals surface area (Å²) in [6.45, 7) is 6.74. The van der Waals surface area contributed by atoms with Crippen LogP contribution in [0.25, 0.3) is 0 Å². The number of carbonyl (C=O) groups is 3. The van der Waals surface area contributed by atoms with Crippen LogP contribution in [0.15, 0.2) is 29.7 Å². The third kappa shape index (κ3) is 37.0. The van der Waals surface area contributed by atoms with Gasteiger partial charge in [-0.25, -0.2) is 0 Å². The van der Waals surface area contributed by atoms with Crippen LogP contribution in [-0.4, -0.2) is 52.3 Å². The normalized spacial score (nSPS) is 10.7. The second-order valence-corrected chi connectivity index (χ2v) is 4.96. The summed E-state index contributed by atoms with van der Waals surface area (Å²) in [5, 5.41) is 27.7. The topological polar surface area (TPSA) is 130 Å². The van der Waals surface area contributed by atoms with E-state index in [0.29, 0.717) is 0 Å². The molecule has 0 N–H and O–H groups in total. The molecule has 1 rings (SSSR count). The van der Waals surface area contributed by atoms with Crippen LogP contribution in [-0.2, 0) is 19.1 Å². The minimum atomic E-state index is -1.08. The van der Waals surface area contributed by atoms with Crippen molar-refractivity contribution >= 4 is 45.2 Å². The molecule has 0 atom stereocenters. The first-order valence-corrected chi connectivity index (χ1v) is 6.41. The molecule has 0 bridgehead atoms. The molecule has 0 fully saturated rings. The smallest absolute Gasteiger partial charge is 0.105 e. The fraction of sp³-hybridized carbons (Fsp3) is 0.438. The second-order valence-electron chi connectivity index (χ2n) is 4.96. The van der Waals surface area contributed by atoms with Gasteiger partial charge in [0.1, 0.15) is 5.76 Å². The van der Waals surface area contributed by atoms with Crippen LogP contribution >= 0.6 is 0 Å². The first-order chi connectivity index (χ1) is 10.3. The van der Waals surface area contributed by atoms with Crippen molar-refractivity contribution in [2.75, 3.05) is 7.11 Å². The molecule has 0 saturated heterocycles. The Bertz CT molecular complexity index is 447. The van der Waals surface area contributed by atoms with Gasteiger partial charge >= 0.3 is 0 Å². The third-order valence-electron chi connectivity index (χ3n) is 1.54. The van der Waals surface area contributed by atoms with Crippen LogP contribution in [0.1, 0.15) is 34.6 Å². The number of allylic oxidation sites excluding steroid dienone is 2. The largest absolute Gasteiger partial charge is 0.550 e. The van der Waals surface area contributed by atoms with Gasteiger partial charge in [-0.3, -0.25) is 0 Å². The van der Waals surface area contributed by atoms with Crippen LogP contribution in [0.2, 0.25) is 0 Å². The molecule has 0 saturated carbocycles. The number of carboxylic acid groups (broad SMARTS) is 3. The minimum Gasteiger partial charge on any atom is -0.550 e. The fourth-order valence-corrected chi connectivity index (χ4v) is 0.508. The number of hydrogen-bond acceptors (Lipinski definition) is 7. The maximum atomic E-state index is 9.91. The summed E-state index contributed by atoms with van der Waals surface area (Å²) < 4.78 is 4.89. The van der Waals surface area contributed by atoms with Crippen LogP contribution < -0.4 is 15.3 Å². The molecular formula is C16H22O7Pb-3. The molecular weight excluding hydrogens is 511 g/mol. The first-order valence-electron chi connectivity index (χ1n) is 6.41. The fourth-order valence-electron chi connectivity index (χ4n) is 0.508. The molecule has 24 heavy (non-hydrogen) atoms. The number of carbonyl (C=O) groups excluding carboxylic acids is 3. The molecule has 8 heteroatoms. The number of carboxylic acids is 3. The first kappa shape index (κ1) is 30.3. The Hall–Kier alpha value is -1.61. The number of ether oxygens (including phenoxy) is 1. The molecule has 0 amide bonds. The number of aliphatic carboxylic acids is 3. The molecule has 135 valence electrons. The van der Waals surface area contributed by atoms with Crippen LogP contribution in [0.3, 0.4) is 0 Å². The van der Waals surface area contributed by atoms with E-state index in [1.165, 1.54) is 0 Å². The van der Waals surface area contributed by atoms with E-state index in [1.807, 2.05) is 24.6 Å². The molecule has 0 unspecified atom stereocenters. The van der Waals surface area contributed by atoms with Crippen molar-refractivity contribution in [3.8, 4) is 0 Å². The zero-order valence-electron chi connectivity index (χ0n) is 14.7. The van der Waals surface area contributed by atoms with E-state index >= 15 is 0 Å². The van der Waals surface area contributed by atoms with Gasteiger partial charge in [0.05, 0.1) is 13.5 Å². The van der Waals surface area contributed by atoms with Crippen molar-refractivity contribution in [1.82, 2.24) is 0 Å². The third-order valence-corrected chi connectivity index (χ3v) is 1.54. The van der Waals surface area contributed by atoms with Crippen molar-refractivity contribution < 1.29 is 34.4 Å². The standard InChI is InChI=1S/C7H7O.C5H10O2.2C2H4O2.Pb/c1-8-7-5-3-2-4-6-7;1-5(2,3)4(6)7;2*1-2(3)4;/h3-6H,1H3;1-3H3,(H,6,7);2*1H3,(H,3,4);/p-3. The Morgan fingerprint density at radius 3 is 1.46 bits per heavy atom. The number of methoxy groups -OCH3 is 1. The molecule has 0 spiro atoms. The van der Waals surface area contributed by atoms with Crippen LogP contribution in [0.5, 0.6) is 0 Å². The zero-order valence-corrected chi connectivity index (χ0v) is 18.6. The summed E-state index contributed by atoms with van der Waals surface area (Å²) in [5.41, 5.74) is 2.19. The van der Waals surface area contributed by atoms with E-state index in [-0.39, 0.29) is 27.3 Å². The number of hydrogen-bond donors (Lipinski definition) is 0. The maximum Gasteiger partial charge on any atom is 0.105 e. The monoisotopic (exact) mass is 534 g/mol. The Morgan fingerprint density at radius 2 is 1.33 bits per heavy atom. The van der Waals surface area contributed by atoms with E-state index in [2.05, 4.69) is 5.73 Å². The average molecular weight is 534 g/mol. The molecule has 0 aromatic rings. The molecule has 0 aliphatic heterocycles. The summed E-state index contributed by atoms with van der Waals surface area (Å²) in [7, 11) is 1.65. The van der Waals surface area contributed by atoms with Crippen molar-refractivity contribution in [1.29, 1.82) is 0 Å². The second kappa shape index (κ2) is 17.7. The van der Waals surface area contributed by atoms with Crippen molar-refractivity contribution in [3.05, 3.63) is 36.1 Å². The van der Waals surface area contributed by atoms with Gasteiger partial charge in [-0.15, -0.1) is 5.73 Å². The van der Waals surface area contributed by atoms with E-state index in [1.54, 1.807) is 27.9 Å².